The highest BCUT2D eigenvalue weighted by Crippen LogP contribution is 2.05. The third kappa shape index (κ3) is 3.30. The van der Waals surface area contributed by atoms with E-state index >= 15 is 0 Å². The van der Waals surface area contributed by atoms with Gasteiger partial charge in [-0.2, -0.15) is 0 Å². The summed E-state index contributed by atoms with van der Waals surface area (Å²) >= 11 is 0. The second-order valence-electron chi connectivity index (χ2n) is 2.77. The van der Waals surface area contributed by atoms with Crippen molar-refractivity contribution in [3.63, 3.8) is 0 Å². The summed E-state index contributed by atoms with van der Waals surface area (Å²) in [5, 5.41) is 10.4. The Morgan fingerprint density at radius 1 is 1.50 bits per heavy atom. The maximum absolute atomic E-state index is 11.3. The number of carbonyl (C=O) groups excluding carboxylic acids is 1. The summed E-state index contributed by atoms with van der Waals surface area (Å²) in [4.78, 5) is 21.4. The number of furan rings is 1. The quantitative estimate of drug-likeness (QED) is 0.553. The molecule has 2 N–H and O–H groups in total. The number of carbonyl (C=O) groups is 2. The highest BCUT2D eigenvalue weighted by atomic mass is 16.4. The lowest BCUT2D eigenvalue weighted by atomic mass is 10.1. The lowest BCUT2D eigenvalue weighted by Crippen LogP contribution is -2.22. The van der Waals surface area contributed by atoms with Crippen molar-refractivity contribution in [1.82, 2.24) is 5.32 Å². The van der Waals surface area contributed by atoms with Crippen molar-refractivity contribution in [3.05, 3.63) is 24.2 Å². The molecule has 0 aliphatic rings. The van der Waals surface area contributed by atoms with Crippen LogP contribution in [0.1, 0.15) is 23.2 Å². The van der Waals surface area contributed by atoms with Crippen molar-refractivity contribution in [2.75, 3.05) is 6.54 Å². The molecule has 0 bridgehead atoms. The van der Waals surface area contributed by atoms with Gasteiger partial charge in [0.05, 0.1) is 11.8 Å². The molecule has 0 spiro atoms. The van der Waals surface area contributed by atoms with Gasteiger partial charge in [-0.15, -0.1) is 0 Å². The van der Waals surface area contributed by atoms with Gasteiger partial charge in [0, 0.05) is 13.0 Å². The standard InChI is InChI=1S/C9H11NO4/c11-8(7-3-5-14-6-7)2-1-4-10-9(12)13/h3,5-6,10H,1-2,4H2,(H,12,13). The van der Waals surface area contributed by atoms with Crippen molar-refractivity contribution in [1.29, 1.82) is 0 Å². The number of hydrogen-bond acceptors (Lipinski definition) is 3. The SMILES string of the molecule is O=C(O)NCCCC(=O)c1ccoc1. The molecule has 1 aromatic heterocycles. The van der Waals surface area contributed by atoms with Crippen LogP contribution in [0.5, 0.6) is 0 Å². The molecule has 0 atom stereocenters. The summed E-state index contributed by atoms with van der Waals surface area (Å²) in [7, 11) is 0. The fourth-order valence-corrected chi connectivity index (χ4v) is 1.01. The van der Waals surface area contributed by atoms with Gasteiger partial charge in [0.1, 0.15) is 6.26 Å². The predicted molar refractivity (Wildman–Crippen MR) is 48.3 cm³/mol. The predicted octanol–water partition coefficient (Wildman–Crippen LogP) is 1.51. The molecular weight excluding hydrogens is 186 g/mol. The summed E-state index contributed by atoms with van der Waals surface area (Å²) < 4.78 is 4.75. The third-order valence-corrected chi connectivity index (χ3v) is 1.70. The van der Waals surface area contributed by atoms with Gasteiger partial charge in [-0.1, -0.05) is 0 Å². The number of Topliss-reactive ketones (excluding diaryl/α,β-unsaturated/α-hetero) is 1. The molecular formula is C9H11NO4. The van der Waals surface area contributed by atoms with Crippen molar-refractivity contribution < 1.29 is 19.1 Å². The summed E-state index contributed by atoms with van der Waals surface area (Å²) in [6.45, 7) is 0.291. The molecule has 1 aromatic rings. The van der Waals surface area contributed by atoms with Gasteiger partial charge >= 0.3 is 6.09 Å². The number of carboxylic acid groups (broad SMARTS) is 1. The van der Waals surface area contributed by atoms with Crippen LogP contribution in [0.3, 0.4) is 0 Å². The minimum absolute atomic E-state index is 0.0362. The van der Waals surface area contributed by atoms with Crippen LogP contribution in [-0.4, -0.2) is 23.5 Å². The molecule has 0 fully saturated rings. The Kier molecular flexibility index (Phi) is 3.72. The molecule has 0 saturated carbocycles. The normalized spacial score (nSPS) is 9.71. The van der Waals surface area contributed by atoms with Crippen LogP contribution in [-0.2, 0) is 0 Å². The second kappa shape index (κ2) is 5.06. The maximum atomic E-state index is 11.3. The molecule has 1 heterocycles. The molecule has 0 aliphatic heterocycles. The van der Waals surface area contributed by atoms with E-state index in [1.165, 1.54) is 12.5 Å². The van der Waals surface area contributed by atoms with Crippen LogP contribution in [0.15, 0.2) is 23.0 Å². The molecule has 5 heteroatoms. The van der Waals surface area contributed by atoms with E-state index < -0.39 is 6.09 Å². The lowest BCUT2D eigenvalue weighted by molar-refractivity contribution is 0.0978. The molecule has 0 radical (unpaired) electrons. The zero-order chi connectivity index (χ0) is 10.4. The minimum atomic E-state index is -1.07. The van der Waals surface area contributed by atoms with Crippen LogP contribution in [0.25, 0.3) is 0 Å². The molecule has 76 valence electrons. The third-order valence-electron chi connectivity index (χ3n) is 1.70. The Labute approximate surface area is 80.7 Å². The topological polar surface area (TPSA) is 79.5 Å². The van der Waals surface area contributed by atoms with E-state index in [0.29, 0.717) is 24.9 Å². The van der Waals surface area contributed by atoms with Crippen LogP contribution >= 0.6 is 0 Å². The first-order valence-electron chi connectivity index (χ1n) is 4.22. The van der Waals surface area contributed by atoms with E-state index in [9.17, 15) is 9.59 Å². The fraction of sp³-hybridized carbons (Fsp3) is 0.333. The smallest absolute Gasteiger partial charge is 0.404 e. The Hall–Kier alpha value is -1.78. The first kappa shape index (κ1) is 10.3. The maximum Gasteiger partial charge on any atom is 0.404 e. The van der Waals surface area contributed by atoms with Gasteiger partial charge in [0.25, 0.3) is 0 Å². The van der Waals surface area contributed by atoms with Gasteiger partial charge in [0.2, 0.25) is 0 Å². The number of ketones is 1. The van der Waals surface area contributed by atoms with Crippen molar-refractivity contribution >= 4 is 11.9 Å². The van der Waals surface area contributed by atoms with E-state index in [4.69, 9.17) is 9.52 Å². The van der Waals surface area contributed by atoms with Crippen molar-refractivity contribution in [2.24, 2.45) is 0 Å². The molecule has 5 nitrogen and oxygen atoms in total. The fourth-order valence-electron chi connectivity index (χ4n) is 1.01. The van der Waals surface area contributed by atoms with E-state index in [1.807, 2.05) is 0 Å². The van der Waals surface area contributed by atoms with Crippen LogP contribution in [0.2, 0.25) is 0 Å². The Balaban J connectivity index is 2.19. The van der Waals surface area contributed by atoms with Crippen LogP contribution in [0.4, 0.5) is 4.79 Å². The zero-order valence-electron chi connectivity index (χ0n) is 7.53. The van der Waals surface area contributed by atoms with Crippen LogP contribution in [0, 0.1) is 0 Å². The number of hydrogen-bond donors (Lipinski definition) is 2. The van der Waals surface area contributed by atoms with E-state index in [-0.39, 0.29) is 5.78 Å². The first-order valence-corrected chi connectivity index (χ1v) is 4.22. The lowest BCUT2D eigenvalue weighted by Gasteiger charge is -1.98. The highest BCUT2D eigenvalue weighted by Gasteiger charge is 2.06. The summed E-state index contributed by atoms with van der Waals surface area (Å²) in [6, 6.07) is 1.59. The Bertz CT molecular complexity index is 305. The largest absolute Gasteiger partial charge is 0.472 e. The van der Waals surface area contributed by atoms with Gasteiger partial charge in [-0.25, -0.2) is 4.79 Å². The molecule has 0 unspecified atom stereocenters. The average Bonchev–Trinajstić information content (AvgIpc) is 2.64. The zero-order valence-corrected chi connectivity index (χ0v) is 7.53. The monoisotopic (exact) mass is 197 g/mol. The minimum Gasteiger partial charge on any atom is -0.472 e. The molecule has 1 amide bonds. The summed E-state index contributed by atoms with van der Waals surface area (Å²) in [5.74, 6) is -0.0362. The highest BCUT2D eigenvalue weighted by molar-refractivity contribution is 5.95. The first-order chi connectivity index (χ1) is 6.70. The summed E-state index contributed by atoms with van der Waals surface area (Å²) in [5.41, 5.74) is 0.528. The van der Waals surface area contributed by atoms with Gasteiger partial charge in [-0.05, 0) is 12.5 Å². The van der Waals surface area contributed by atoms with E-state index in [0.717, 1.165) is 0 Å². The molecule has 0 aliphatic carbocycles. The van der Waals surface area contributed by atoms with Gasteiger partial charge in [0.15, 0.2) is 5.78 Å². The number of nitrogens with one attached hydrogen (secondary N) is 1. The molecule has 14 heavy (non-hydrogen) atoms. The number of amides is 1. The van der Waals surface area contributed by atoms with Gasteiger partial charge < -0.3 is 14.8 Å². The molecule has 1 rings (SSSR count). The van der Waals surface area contributed by atoms with Gasteiger partial charge in [-0.3, -0.25) is 4.79 Å². The van der Waals surface area contributed by atoms with Crippen molar-refractivity contribution in [2.45, 2.75) is 12.8 Å². The second-order valence-corrected chi connectivity index (χ2v) is 2.77. The van der Waals surface area contributed by atoms with Crippen molar-refractivity contribution in [3.8, 4) is 0 Å². The Morgan fingerprint density at radius 3 is 2.86 bits per heavy atom. The van der Waals surface area contributed by atoms with E-state index in [1.54, 1.807) is 6.07 Å². The molecule has 0 aromatic carbocycles. The summed E-state index contributed by atoms with van der Waals surface area (Å²) in [6.07, 6.45) is 2.56. The number of rotatable bonds is 5. The average molecular weight is 197 g/mol. The van der Waals surface area contributed by atoms with Crippen LogP contribution < -0.4 is 5.32 Å². The molecule has 0 saturated heterocycles. The Morgan fingerprint density at radius 2 is 2.29 bits per heavy atom. The van der Waals surface area contributed by atoms with E-state index in [2.05, 4.69) is 5.32 Å².